The summed E-state index contributed by atoms with van der Waals surface area (Å²) in [6.45, 7) is 0. The van der Waals surface area contributed by atoms with E-state index in [9.17, 15) is 0 Å². The zero-order valence-corrected chi connectivity index (χ0v) is 2.15. The van der Waals surface area contributed by atoms with E-state index >= 15 is 0 Å². The second kappa shape index (κ2) is 28.8. The second-order valence-electron chi connectivity index (χ2n) is 0. The van der Waals surface area contributed by atoms with Crippen molar-refractivity contribution in [3.8, 4) is 0 Å². The quantitative estimate of drug-likeness (QED) is 0.366. The van der Waals surface area contributed by atoms with Crippen LogP contribution in [0.25, 0.3) is 0 Å². The Morgan fingerprint density at radius 2 is 1.00 bits per heavy atom. The van der Waals surface area contributed by atoms with Gasteiger partial charge in [0.05, 0.1) is 0 Å². The van der Waals surface area contributed by atoms with E-state index in [1.165, 1.54) is 0 Å². The van der Waals surface area contributed by atoms with Crippen LogP contribution >= 0.6 is 0 Å². The summed E-state index contributed by atoms with van der Waals surface area (Å²) in [5.74, 6) is 0. The van der Waals surface area contributed by atoms with Crippen LogP contribution in [0.4, 0.5) is 0 Å². The molecule has 0 aromatic carbocycles. The minimum atomic E-state index is 0. The maximum Gasteiger partial charge on any atom is 0.316 e. The van der Waals surface area contributed by atoms with Gasteiger partial charge in [0.25, 0.3) is 0 Å². The molecular formula is CH2CuMgO. The summed E-state index contributed by atoms with van der Waals surface area (Å²) in [6, 6.07) is 0. The van der Waals surface area contributed by atoms with E-state index in [1.54, 1.807) is 0 Å². The Morgan fingerprint density at radius 1 is 1.00 bits per heavy atom. The molecule has 0 aromatic heterocycles. The van der Waals surface area contributed by atoms with Crippen molar-refractivity contribution in [3.63, 3.8) is 0 Å². The summed E-state index contributed by atoms with van der Waals surface area (Å²) in [6.07, 6.45) is 0. The van der Waals surface area contributed by atoms with E-state index in [1.807, 2.05) is 0 Å². The molecule has 1 nitrogen and oxygen atoms in total. The molecule has 7 radical (unpaired) electrons. The molecule has 0 bridgehead atoms. The van der Waals surface area contributed by atoms with Gasteiger partial charge in [-0.15, -0.1) is 0 Å². The molecule has 4 heavy (non-hydrogen) atoms. The summed E-state index contributed by atoms with van der Waals surface area (Å²) in [5, 5.41) is 0. The predicted octanol–water partition coefficient (Wildman–Crippen LogP) is -0.956. The van der Waals surface area contributed by atoms with Crippen molar-refractivity contribution in [2.75, 3.05) is 0 Å². The van der Waals surface area contributed by atoms with Gasteiger partial charge in [0, 0.05) is 30.0 Å². The molecule has 0 unspecified atom stereocenters. The SMILES string of the molecule is [C].[Cu].[MgH2].[O]. The van der Waals surface area contributed by atoms with Crippen LogP contribution in [0.3, 0.4) is 0 Å². The molecule has 0 atom stereocenters. The zero-order chi connectivity index (χ0) is 0. The van der Waals surface area contributed by atoms with Crippen LogP contribution in [0.5, 0.6) is 0 Å². The first-order valence-electron chi connectivity index (χ1n) is 0. The number of hydrogen-bond donors (Lipinski definition) is 0. The third kappa shape index (κ3) is 10.5. The maximum absolute atomic E-state index is 0. The van der Waals surface area contributed by atoms with E-state index < -0.39 is 0 Å². The summed E-state index contributed by atoms with van der Waals surface area (Å²) in [4.78, 5) is 0. The molecule has 0 aliphatic carbocycles. The van der Waals surface area contributed by atoms with Crippen LogP contribution in [0.2, 0.25) is 0 Å². The van der Waals surface area contributed by atoms with Crippen molar-refractivity contribution in [1.29, 1.82) is 0 Å². The fourth-order valence-corrected chi connectivity index (χ4v) is 0. The van der Waals surface area contributed by atoms with Gasteiger partial charge in [-0.2, -0.15) is 0 Å². The van der Waals surface area contributed by atoms with Gasteiger partial charge >= 0.3 is 23.1 Å². The van der Waals surface area contributed by atoms with E-state index in [-0.39, 0.29) is 53.0 Å². The first-order valence-corrected chi connectivity index (χ1v) is 0. The molecule has 0 aromatic rings. The van der Waals surface area contributed by atoms with Crippen molar-refractivity contribution in [2.24, 2.45) is 0 Å². The predicted molar refractivity (Wildman–Crippen MR) is 12.5 cm³/mol. The summed E-state index contributed by atoms with van der Waals surface area (Å²) in [7, 11) is 0. The largest absolute Gasteiger partial charge is 0.316 e. The summed E-state index contributed by atoms with van der Waals surface area (Å²) >= 11 is 0. The molecule has 0 saturated carbocycles. The molecule has 0 amide bonds. The van der Waals surface area contributed by atoms with Gasteiger partial charge in [-0.3, -0.25) is 0 Å². The van der Waals surface area contributed by atoms with Crippen molar-refractivity contribution in [1.82, 2.24) is 0 Å². The van der Waals surface area contributed by atoms with Gasteiger partial charge in [0.2, 0.25) is 0 Å². The molecule has 3 heteroatoms. The van der Waals surface area contributed by atoms with Crippen molar-refractivity contribution < 1.29 is 22.5 Å². The Labute approximate surface area is 53.1 Å². The summed E-state index contributed by atoms with van der Waals surface area (Å²) in [5.41, 5.74) is 0. The smallest absolute Gasteiger partial charge is 0 e. The first kappa shape index (κ1) is 60.9. The van der Waals surface area contributed by atoms with Crippen molar-refractivity contribution >= 4 is 23.1 Å². The second-order valence-corrected chi connectivity index (χ2v) is 0. The van der Waals surface area contributed by atoms with Gasteiger partial charge in [-0.1, -0.05) is 0 Å². The normalized spacial score (nSPS) is 0. The number of rotatable bonds is 0. The van der Waals surface area contributed by atoms with Crippen LogP contribution in [-0.4, -0.2) is 23.1 Å². The molecule has 0 aliphatic rings. The van der Waals surface area contributed by atoms with Gasteiger partial charge in [0.15, 0.2) is 0 Å². The molecule has 0 fully saturated rings. The van der Waals surface area contributed by atoms with Gasteiger partial charge < -0.3 is 0 Å². The molecular weight excluding hydrogens is 116 g/mol. The topological polar surface area (TPSA) is 28.5 Å². The fraction of sp³-hybridized carbons (Fsp3) is 0. The molecule has 0 N–H and O–H groups in total. The van der Waals surface area contributed by atoms with Crippen LogP contribution in [0.1, 0.15) is 0 Å². The van der Waals surface area contributed by atoms with Crippen LogP contribution < -0.4 is 0 Å². The Bertz CT molecular complexity index is 8.00. The Morgan fingerprint density at radius 3 is 1.00 bits per heavy atom. The molecule has 0 heterocycles. The average Bonchev–Trinajstić information content (AvgIpc) is 0. The molecule has 0 spiro atoms. The van der Waals surface area contributed by atoms with Crippen LogP contribution in [-0.2, 0) is 22.5 Å². The summed E-state index contributed by atoms with van der Waals surface area (Å²) < 4.78 is 0. The average molecular weight is 118 g/mol. The van der Waals surface area contributed by atoms with E-state index in [2.05, 4.69) is 0 Å². The van der Waals surface area contributed by atoms with Gasteiger partial charge in [-0.05, 0) is 0 Å². The zero-order valence-electron chi connectivity index (χ0n) is 1.21. The van der Waals surface area contributed by atoms with Crippen molar-refractivity contribution in [3.05, 3.63) is 7.43 Å². The van der Waals surface area contributed by atoms with Crippen LogP contribution in [0, 0.1) is 7.43 Å². The minimum Gasteiger partial charge on any atom is 0 e. The standard InChI is InChI=1S/C.Cu.Mg.O.2H. The van der Waals surface area contributed by atoms with Crippen LogP contribution in [0.15, 0.2) is 0 Å². The Hall–Kier alpha value is 1.25. The van der Waals surface area contributed by atoms with E-state index in [4.69, 9.17) is 0 Å². The maximum atomic E-state index is 0. The van der Waals surface area contributed by atoms with E-state index in [0.29, 0.717) is 0 Å². The van der Waals surface area contributed by atoms with Gasteiger partial charge in [0.1, 0.15) is 0 Å². The minimum absolute atomic E-state index is 0. The number of hydrogen-bond acceptors (Lipinski definition) is 0. The van der Waals surface area contributed by atoms with E-state index in [0.717, 1.165) is 0 Å². The first-order chi connectivity index (χ1) is 0. The Balaban J connectivity index is 0. The Kier molecular flexibility index (Phi) is 439. The third-order valence-corrected chi connectivity index (χ3v) is 0. The fourth-order valence-electron chi connectivity index (χ4n) is 0. The third-order valence-electron chi connectivity index (χ3n) is 0. The molecule has 0 rings (SSSR count). The van der Waals surface area contributed by atoms with Gasteiger partial charge in [-0.25, -0.2) is 0 Å². The molecule has 0 aliphatic heterocycles. The molecule has 0 saturated heterocycles. The monoisotopic (exact) mass is 117 g/mol. The molecule has 25 valence electrons. The van der Waals surface area contributed by atoms with Crippen molar-refractivity contribution in [2.45, 2.75) is 0 Å².